The van der Waals surface area contributed by atoms with Gasteiger partial charge in [0.2, 0.25) is 0 Å². The van der Waals surface area contributed by atoms with Gasteiger partial charge in [0.15, 0.2) is 0 Å². The summed E-state index contributed by atoms with van der Waals surface area (Å²) in [6, 6.07) is 9.02. The standard InChI is InChI=1S/C13H13NS.ClH/c1-2-12-8-14-5-3-11(12)7-10(1)13-4-6-15-9-13;/h1-2,4,6-7,9,14H,3,5,8H2;1H. The van der Waals surface area contributed by atoms with E-state index in [0.29, 0.717) is 0 Å². The first-order chi connectivity index (χ1) is 7.43. The minimum absolute atomic E-state index is 0. The summed E-state index contributed by atoms with van der Waals surface area (Å²) in [5.74, 6) is 0. The molecule has 1 aliphatic heterocycles. The van der Waals surface area contributed by atoms with Crippen molar-refractivity contribution in [1.82, 2.24) is 5.32 Å². The van der Waals surface area contributed by atoms with E-state index < -0.39 is 0 Å². The Hall–Kier alpha value is -0.830. The summed E-state index contributed by atoms with van der Waals surface area (Å²) < 4.78 is 0. The summed E-state index contributed by atoms with van der Waals surface area (Å²) in [5.41, 5.74) is 5.68. The Morgan fingerprint density at radius 2 is 2.00 bits per heavy atom. The summed E-state index contributed by atoms with van der Waals surface area (Å²) >= 11 is 1.76. The van der Waals surface area contributed by atoms with Crippen LogP contribution in [-0.2, 0) is 13.0 Å². The number of fused-ring (bicyclic) bond motifs is 1. The van der Waals surface area contributed by atoms with Crippen molar-refractivity contribution in [3.63, 3.8) is 0 Å². The number of rotatable bonds is 1. The number of hydrogen-bond donors (Lipinski definition) is 1. The molecule has 1 aromatic carbocycles. The van der Waals surface area contributed by atoms with Gasteiger partial charge in [0.25, 0.3) is 0 Å². The van der Waals surface area contributed by atoms with Crippen LogP contribution < -0.4 is 5.32 Å². The fourth-order valence-corrected chi connectivity index (χ4v) is 2.75. The van der Waals surface area contributed by atoms with Gasteiger partial charge in [-0.25, -0.2) is 0 Å². The van der Waals surface area contributed by atoms with E-state index >= 15 is 0 Å². The van der Waals surface area contributed by atoms with Crippen LogP contribution in [0.2, 0.25) is 0 Å². The summed E-state index contributed by atoms with van der Waals surface area (Å²) in [5, 5.41) is 7.74. The van der Waals surface area contributed by atoms with Crippen LogP contribution >= 0.6 is 23.7 Å². The largest absolute Gasteiger partial charge is 0.312 e. The molecular formula is C13H14ClNS. The van der Waals surface area contributed by atoms with E-state index in [9.17, 15) is 0 Å². The summed E-state index contributed by atoms with van der Waals surface area (Å²) in [7, 11) is 0. The monoisotopic (exact) mass is 251 g/mol. The van der Waals surface area contributed by atoms with Gasteiger partial charge in [0.1, 0.15) is 0 Å². The van der Waals surface area contributed by atoms with Crippen LogP contribution in [0.4, 0.5) is 0 Å². The molecule has 0 radical (unpaired) electrons. The molecule has 16 heavy (non-hydrogen) atoms. The van der Waals surface area contributed by atoms with Crippen LogP contribution in [0.25, 0.3) is 11.1 Å². The first-order valence-electron chi connectivity index (χ1n) is 5.28. The Labute approximate surface area is 106 Å². The fourth-order valence-electron chi connectivity index (χ4n) is 2.09. The van der Waals surface area contributed by atoms with Crippen molar-refractivity contribution in [3.05, 3.63) is 46.2 Å². The van der Waals surface area contributed by atoms with Crippen LogP contribution in [0, 0.1) is 0 Å². The molecule has 0 spiro atoms. The predicted molar refractivity (Wildman–Crippen MR) is 72.4 cm³/mol. The Kier molecular flexibility index (Phi) is 3.64. The van der Waals surface area contributed by atoms with E-state index in [1.54, 1.807) is 11.3 Å². The van der Waals surface area contributed by atoms with Crippen molar-refractivity contribution in [2.75, 3.05) is 6.54 Å². The molecule has 0 fully saturated rings. The summed E-state index contributed by atoms with van der Waals surface area (Å²) in [6.45, 7) is 2.14. The van der Waals surface area contributed by atoms with Crippen molar-refractivity contribution in [1.29, 1.82) is 0 Å². The first-order valence-corrected chi connectivity index (χ1v) is 6.23. The molecule has 0 saturated carbocycles. The lowest BCUT2D eigenvalue weighted by Gasteiger charge is -2.17. The maximum atomic E-state index is 3.40. The van der Waals surface area contributed by atoms with Gasteiger partial charge in [-0.05, 0) is 52.0 Å². The second-order valence-corrected chi connectivity index (χ2v) is 4.70. The lowest BCUT2D eigenvalue weighted by atomic mass is 9.96. The molecule has 1 aromatic heterocycles. The second kappa shape index (κ2) is 5.00. The van der Waals surface area contributed by atoms with E-state index in [0.717, 1.165) is 19.5 Å². The quantitative estimate of drug-likeness (QED) is 0.818. The van der Waals surface area contributed by atoms with Crippen molar-refractivity contribution in [2.45, 2.75) is 13.0 Å². The molecular weight excluding hydrogens is 238 g/mol. The number of thiophene rings is 1. The highest BCUT2D eigenvalue weighted by molar-refractivity contribution is 7.08. The van der Waals surface area contributed by atoms with Crippen molar-refractivity contribution in [3.8, 4) is 11.1 Å². The van der Waals surface area contributed by atoms with Crippen molar-refractivity contribution >= 4 is 23.7 Å². The molecule has 0 saturated heterocycles. The average molecular weight is 252 g/mol. The predicted octanol–water partition coefficient (Wildman–Crippen LogP) is 3.48. The SMILES string of the molecule is Cl.c1cc(-c2ccc3c(c2)CCNC3)cs1. The maximum absolute atomic E-state index is 3.40. The molecule has 0 atom stereocenters. The van der Waals surface area contributed by atoms with Crippen LogP contribution in [0.3, 0.4) is 0 Å². The zero-order valence-corrected chi connectivity index (χ0v) is 10.5. The van der Waals surface area contributed by atoms with E-state index in [2.05, 4.69) is 40.3 Å². The Balaban J connectivity index is 0.000000963. The minimum atomic E-state index is 0. The Morgan fingerprint density at radius 3 is 2.81 bits per heavy atom. The molecule has 0 aliphatic carbocycles. The Bertz CT molecular complexity index is 465. The van der Waals surface area contributed by atoms with Gasteiger partial charge >= 0.3 is 0 Å². The van der Waals surface area contributed by atoms with Crippen LogP contribution in [0.1, 0.15) is 11.1 Å². The highest BCUT2D eigenvalue weighted by Gasteiger charge is 2.09. The highest BCUT2D eigenvalue weighted by Crippen LogP contribution is 2.25. The molecule has 2 aromatic rings. The van der Waals surface area contributed by atoms with E-state index in [1.165, 1.54) is 22.3 Å². The van der Waals surface area contributed by atoms with E-state index in [-0.39, 0.29) is 12.4 Å². The Morgan fingerprint density at radius 1 is 1.06 bits per heavy atom. The lowest BCUT2D eigenvalue weighted by Crippen LogP contribution is -2.23. The molecule has 1 N–H and O–H groups in total. The van der Waals surface area contributed by atoms with Crippen LogP contribution in [-0.4, -0.2) is 6.54 Å². The number of hydrogen-bond acceptors (Lipinski definition) is 2. The maximum Gasteiger partial charge on any atom is 0.0208 e. The van der Waals surface area contributed by atoms with Crippen molar-refractivity contribution < 1.29 is 0 Å². The molecule has 0 amide bonds. The second-order valence-electron chi connectivity index (χ2n) is 3.92. The van der Waals surface area contributed by atoms with Gasteiger partial charge in [-0.1, -0.05) is 18.2 Å². The zero-order chi connectivity index (χ0) is 10.1. The molecule has 0 unspecified atom stereocenters. The van der Waals surface area contributed by atoms with Crippen molar-refractivity contribution in [2.24, 2.45) is 0 Å². The van der Waals surface area contributed by atoms with Gasteiger partial charge < -0.3 is 5.32 Å². The van der Waals surface area contributed by atoms with Gasteiger partial charge in [0, 0.05) is 6.54 Å². The molecule has 3 heteroatoms. The third-order valence-corrected chi connectivity index (χ3v) is 3.63. The van der Waals surface area contributed by atoms with Gasteiger partial charge in [-0.2, -0.15) is 11.3 Å². The molecule has 1 nitrogen and oxygen atoms in total. The number of halogens is 1. The third kappa shape index (κ3) is 2.14. The molecule has 0 bridgehead atoms. The number of benzene rings is 1. The third-order valence-electron chi connectivity index (χ3n) is 2.95. The molecule has 1 aliphatic rings. The van der Waals surface area contributed by atoms with Crippen LogP contribution in [0.15, 0.2) is 35.0 Å². The van der Waals surface area contributed by atoms with Gasteiger partial charge in [-0.15, -0.1) is 12.4 Å². The highest BCUT2D eigenvalue weighted by atomic mass is 35.5. The van der Waals surface area contributed by atoms with E-state index in [4.69, 9.17) is 0 Å². The van der Waals surface area contributed by atoms with Gasteiger partial charge in [0.05, 0.1) is 0 Å². The van der Waals surface area contributed by atoms with Gasteiger partial charge in [-0.3, -0.25) is 0 Å². The summed E-state index contributed by atoms with van der Waals surface area (Å²) in [6.07, 6.45) is 1.16. The number of nitrogens with one attached hydrogen (secondary N) is 1. The lowest BCUT2D eigenvalue weighted by molar-refractivity contribution is 0.644. The zero-order valence-electron chi connectivity index (χ0n) is 8.90. The van der Waals surface area contributed by atoms with E-state index in [1.807, 2.05) is 0 Å². The fraction of sp³-hybridized carbons (Fsp3) is 0.231. The average Bonchev–Trinajstić information content (AvgIpc) is 2.82. The molecule has 3 rings (SSSR count). The molecule has 2 heterocycles. The minimum Gasteiger partial charge on any atom is -0.312 e. The smallest absolute Gasteiger partial charge is 0.0208 e. The topological polar surface area (TPSA) is 12.0 Å². The molecule has 84 valence electrons. The summed E-state index contributed by atoms with van der Waals surface area (Å²) in [4.78, 5) is 0. The van der Waals surface area contributed by atoms with Crippen LogP contribution in [0.5, 0.6) is 0 Å². The first kappa shape index (κ1) is 11.6. The normalized spacial score (nSPS) is 14.0.